The number of nitrogens with zero attached hydrogens (tertiary/aromatic N) is 2. The number of fused-ring (bicyclic) bond motifs is 3. The number of rotatable bonds is 1. The predicted molar refractivity (Wildman–Crippen MR) is 75.5 cm³/mol. The van der Waals surface area contributed by atoms with Crippen LogP contribution in [0.4, 0.5) is 0 Å². The molecule has 2 heteroatoms. The molecule has 2 heterocycles. The third-order valence-corrected chi connectivity index (χ3v) is 3.85. The lowest BCUT2D eigenvalue weighted by atomic mass is 10.0. The smallest absolute Gasteiger partial charge is 0.0837 e. The lowest BCUT2D eigenvalue weighted by molar-refractivity contribution is 0.310. The van der Waals surface area contributed by atoms with Crippen LogP contribution in [0.1, 0.15) is 16.8 Å². The fraction of sp³-hybridized carbons (Fsp3) is 0.375. The van der Waals surface area contributed by atoms with E-state index >= 15 is 0 Å². The average Bonchev–Trinajstić information content (AvgIpc) is 2.64. The maximum atomic E-state index is 5.52. The van der Waals surface area contributed by atoms with Gasteiger partial charge < -0.3 is 9.47 Å². The van der Waals surface area contributed by atoms with Crippen LogP contribution in [0.2, 0.25) is 0 Å². The Kier molecular flexibility index (Phi) is 2.65. The highest BCUT2D eigenvalue weighted by Gasteiger charge is 2.21. The lowest BCUT2D eigenvalue weighted by Gasteiger charge is -2.23. The van der Waals surface area contributed by atoms with Gasteiger partial charge in [0, 0.05) is 36.1 Å². The molecule has 0 unspecified atom stereocenters. The van der Waals surface area contributed by atoms with Gasteiger partial charge in [-0.05, 0) is 31.7 Å². The van der Waals surface area contributed by atoms with Gasteiger partial charge in [0.05, 0.1) is 6.54 Å². The van der Waals surface area contributed by atoms with E-state index in [9.17, 15) is 0 Å². The molecule has 0 saturated carbocycles. The molecule has 0 N–H and O–H groups in total. The summed E-state index contributed by atoms with van der Waals surface area (Å²) in [5, 5.41) is 1.38. The van der Waals surface area contributed by atoms with Crippen LogP contribution in [0.15, 0.2) is 18.2 Å². The molecule has 0 saturated heterocycles. The van der Waals surface area contributed by atoms with Crippen molar-refractivity contribution in [2.24, 2.45) is 0 Å². The van der Waals surface area contributed by atoms with E-state index in [1.54, 1.807) is 0 Å². The van der Waals surface area contributed by atoms with Crippen molar-refractivity contribution in [1.29, 1.82) is 0 Å². The Hall–Kier alpha value is -1.72. The topological polar surface area (TPSA) is 8.17 Å². The zero-order chi connectivity index (χ0) is 12.7. The van der Waals surface area contributed by atoms with Crippen molar-refractivity contribution in [1.82, 2.24) is 9.47 Å². The molecule has 1 aliphatic rings. The van der Waals surface area contributed by atoms with Gasteiger partial charge in [0.15, 0.2) is 0 Å². The SMILES string of the molecule is C#CCn1c2c(c3cc(C)ccc31)CN(C)CC2. The first-order valence-corrected chi connectivity index (χ1v) is 6.43. The van der Waals surface area contributed by atoms with Gasteiger partial charge in [-0.15, -0.1) is 6.42 Å². The first-order valence-electron chi connectivity index (χ1n) is 6.43. The van der Waals surface area contributed by atoms with Crippen molar-refractivity contribution >= 4 is 10.9 Å². The standard InChI is InChI=1S/C16H18N2/c1-4-8-18-15-6-5-12(2)10-13(15)14-11-17(3)9-7-16(14)18/h1,5-6,10H,7-9,11H2,2-3H3. The van der Waals surface area contributed by atoms with Gasteiger partial charge in [-0.2, -0.15) is 0 Å². The van der Waals surface area contributed by atoms with Crippen LogP contribution in [0.3, 0.4) is 0 Å². The maximum absolute atomic E-state index is 5.52. The molecule has 2 aromatic rings. The fourth-order valence-electron chi connectivity index (χ4n) is 2.97. The molecule has 18 heavy (non-hydrogen) atoms. The highest BCUT2D eigenvalue weighted by molar-refractivity contribution is 5.86. The second-order valence-electron chi connectivity index (χ2n) is 5.22. The van der Waals surface area contributed by atoms with E-state index in [4.69, 9.17) is 6.42 Å². The van der Waals surface area contributed by atoms with E-state index in [0.29, 0.717) is 6.54 Å². The summed E-state index contributed by atoms with van der Waals surface area (Å²) in [6.07, 6.45) is 6.62. The molecule has 0 bridgehead atoms. The fourth-order valence-corrected chi connectivity index (χ4v) is 2.97. The number of terminal acetylenes is 1. The summed E-state index contributed by atoms with van der Waals surface area (Å²) in [7, 11) is 2.18. The maximum Gasteiger partial charge on any atom is 0.0837 e. The Labute approximate surface area is 108 Å². The summed E-state index contributed by atoms with van der Waals surface area (Å²) in [6, 6.07) is 6.67. The molecule has 0 fully saturated rings. The van der Waals surface area contributed by atoms with Crippen molar-refractivity contribution < 1.29 is 0 Å². The minimum Gasteiger partial charge on any atom is -0.333 e. The van der Waals surface area contributed by atoms with E-state index in [2.05, 4.69) is 47.6 Å². The predicted octanol–water partition coefficient (Wildman–Crippen LogP) is 2.57. The highest BCUT2D eigenvalue weighted by Crippen LogP contribution is 2.31. The number of likely N-dealkylation sites (N-methyl/N-ethyl adjacent to an activating group) is 1. The highest BCUT2D eigenvalue weighted by atomic mass is 15.1. The van der Waals surface area contributed by atoms with Crippen LogP contribution in [-0.2, 0) is 19.5 Å². The van der Waals surface area contributed by atoms with Crippen LogP contribution in [-0.4, -0.2) is 23.1 Å². The molecule has 3 rings (SSSR count). The zero-order valence-electron chi connectivity index (χ0n) is 11.0. The summed E-state index contributed by atoms with van der Waals surface area (Å²) in [5.41, 5.74) is 5.51. The van der Waals surface area contributed by atoms with Crippen LogP contribution < -0.4 is 0 Å². The Morgan fingerprint density at radius 1 is 1.39 bits per heavy atom. The van der Waals surface area contributed by atoms with E-state index < -0.39 is 0 Å². The Morgan fingerprint density at radius 3 is 3.00 bits per heavy atom. The molecule has 0 atom stereocenters. The first-order chi connectivity index (χ1) is 8.70. The molecule has 1 aliphatic heterocycles. The number of benzene rings is 1. The quantitative estimate of drug-likeness (QED) is 0.693. The van der Waals surface area contributed by atoms with Gasteiger partial charge in [-0.1, -0.05) is 17.6 Å². The van der Waals surface area contributed by atoms with Crippen LogP contribution in [0.5, 0.6) is 0 Å². The molecule has 1 aromatic carbocycles. The first kappa shape index (κ1) is 11.4. The van der Waals surface area contributed by atoms with Crippen LogP contribution >= 0.6 is 0 Å². The van der Waals surface area contributed by atoms with Gasteiger partial charge in [-0.25, -0.2) is 0 Å². The molecular formula is C16H18N2. The summed E-state index contributed by atoms with van der Waals surface area (Å²) in [5.74, 6) is 2.79. The number of hydrogen-bond donors (Lipinski definition) is 0. The molecule has 2 nitrogen and oxygen atoms in total. The summed E-state index contributed by atoms with van der Waals surface area (Å²) < 4.78 is 2.32. The Balaban J connectivity index is 2.30. The monoisotopic (exact) mass is 238 g/mol. The second kappa shape index (κ2) is 4.19. The molecule has 0 radical (unpaired) electrons. The number of aromatic nitrogens is 1. The van der Waals surface area contributed by atoms with Crippen LogP contribution in [0, 0.1) is 19.3 Å². The van der Waals surface area contributed by atoms with Crippen molar-refractivity contribution in [3.8, 4) is 12.3 Å². The minimum atomic E-state index is 0.679. The Bertz CT molecular complexity index is 643. The largest absolute Gasteiger partial charge is 0.333 e. The summed E-state index contributed by atoms with van der Waals surface area (Å²) in [6.45, 7) is 4.98. The summed E-state index contributed by atoms with van der Waals surface area (Å²) in [4.78, 5) is 2.38. The van der Waals surface area contributed by atoms with E-state index in [1.165, 1.54) is 27.7 Å². The average molecular weight is 238 g/mol. The third kappa shape index (κ3) is 1.63. The third-order valence-electron chi connectivity index (χ3n) is 3.85. The number of hydrogen-bond acceptors (Lipinski definition) is 1. The van der Waals surface area contributed by atoms with E-state index in [1.807, 2.05) is 0 Å². The molecule has 0 amide bonds. The van der Waals surface area contributed by atoms with Crippen molar-refractivity contribution in [2.45, 2.75) is 26.4 Å². The van der Waals surface area contributed by atoms with Gasteiger partial charge in [-0.3, -0.25) is 0 Å². The van der Waals surface area contributed by atoms with Gasteiger partial charge in [0.1, 0.15) is 0 Å². The van der Waals surface area contributed by atoms with Crippen molar-refractivity contribution in [3.05, 3.63) is 35.0 Å². The number of aryl methyl sites for hydroxylation is 1. The Morgan fingerprint density at radius 2 is 2.22 bits per heavy atom. The van der Waals surface area contributed by atoms with E-state index in [0.717, 1.165) is 19.5 Å². The van der Waals surface area contributed by atoms with Gasteiger partial charge in [0.2, 0.25) is 0 Å². The summed E-state index contributed by atoms with van der Waals surface area (Å²) >= 11 is 0. The van der Waals surface area contributed by atoms with Gasteiger partial charge in [0.25, 0.3) is 0 Å². The van der Waals surface area contributed by atoms with Crippen molar-refractivity contribution in [3.63, 3.8) is 0 Å². The molecule has 0 spiro atoms. The normalized spacial score (nSPS) is 15.6. The molecule has 0 aliphatic carbocycles. The second-order valence-corrected chi connectivity index (χ2v) is 5.22. The molecule has 92 valence electrons. The lowest BCUT2D eigenvalue weighted by Crippen LogP contribution is -2.27. The molecule has 1 aromatic heterocycles. The van der Waals surface area contributed by atoms with Crippen molar-refractivity contribution in [2.75, 3.05) is 13.6 Å². The molecular weight excluding hydrogens is 220 g/mol. The van der Waals surface area contributed by atoms with Crippen LogP contribution in [0.25, 0.3) is 10.9 Å². The van der Waals surface area contributed by atoms with E-state index in [-0.39, 0.29) is 0 Å². The minimum absolute atomic E-state index is 0.679. The van der Waals surface area contributed by atoms with Gasteiger partial charge >= 0.3 is 0 Å². The zero-order valence-corrected chi connectivity index (χ0v) is 11.0.